The van der Waals surface area contributed by atoms with Crippen molar-refractivity contribution in [3.05, 3.63) is 87.5 Å². The number of nitrogens with zero attached hydrogens (tertiary/aromatic N) is 2. The van der Waals surface area contributed by atoms with Crippen molar-refractivity contribution >= 4 is 6.21 Å². The monoisotopic (exact) mass is 572 g/mol. The number of rotatable bonds is 6. The smallest absolute Gasteiger partial charge is 0.124 e. The van der Waals surface area contributed by atoms with Gasteiger partial charge in [-0.05, 0) is 91.4 Å². The van der Waals surface area contributed by atoms with Gasteiger partial charge >= 0.3 is 0 Å². The zero-order valence-electron chi connectivity index (χ0n) is 27.8. The van der Waals surface area contributed by atoms with Crippen LogP contribution < -0.4 is 0 Å². The number of benzene rings is 3. The van der Waals surface area contributed by atoms with Crippen molar-refractivity contribution in [2.45, 2.75) is 118 Å². The van der Waals surface area contributed by atoms with Gasteiger partial charge in [-0.3, -0.25) is 5.01 Å². The van der Waals surface area contributed by atoms with Crippen LogP contribution in [0.1, 0.15) is 122 Å². The van der Waals surface area contributed by atoms with E-state index in [-0.39, 0.29) is 27.4 Å². The van der Waals surface area contributed by atoms with Gasteiger partial charge in [-0.15, -0.1) is 0 Å². The van der Waals surface area contributed by atoms with Crippen molar-refractivity contribution in [3.8, 4) is 17.2 Å². The second-order valence-corrected chi connectivity index (χ2v) is 15.7. The first-order valence-electron chi connectivity index (χ1n) is 14.9. The molecule has 0 aliphatic heterocycles. The Hall–Kier alpha value is -3.47. The summed E-state index contributed by atoms with van der Waals surface area (Å²) in [6.45, 7) is 26.4. The van der Waals surface area contributed by atoms with Crippen LogP contribution in [0.3, 0.4) is 0 Å². The third-order valence-electron chi connectivity index (χ3n) is 7.60. The fourth-order valence-corrected chi connectivity index (χ4v) is 5.16. The first-order chi connectivity index (χ1) is 19.1. The standard InChI is InChI=1S/C37H52N2O3/c1-34(2,3)27-17-24(18-28(32(27)41)35(4,5)6)22-39(38-21-26-15-13-14-16-31(26)40)23-25-19-29(36(7,8)9)33(42)30(20-25)37(10,11)12/h13-21,40-42H,22-23H2,1-12H3/b38-21+. The van der Waals surface area contributed by atoms with Gasteiger partial charge in [0.25, 0.3) is 0 Å². The third kappa shape index (κ3) is 7.87. The average molecular weight is 573 g/mol. The van der Waals surface area contributed by atoms with Crippen LogP contribution in [0.2, 0.25) is 0 Å². The first kappa shape index (κ1) is 33.0. The number of phenols is 3. The lowest BCUT2D eigenvalue weighted by atomic mass is 9.78. The molecule has 3 aromatic rings. The number of hydrogen-bond donors (Lipinski definition) is 3. The maximum absolute atomic E-state index is 11.3. The maximum Gasteiger partial charge on any atom is 0.124 e. The molecule has 228 valence electrons. The summed E-state index contributed by atoms with van der Waals surface area (Å²) in [6, 6.07) is 15.5. The molecule has 0 bridgehead atoms. The van der Waals surface area contributed by atoms with Crippen LogP contribution in [0.15, 0.2) is 53.6 Å². The van der Waals surface area contributed by atoms with Crippen LogP contribution in [-0.4, -0.2) is 26.5 Å². The lowest BCUT2D eigenvalue weighted by molar-refractivity contribution is 0.271. The highest BCUT2D eigenvalue weighted by Gasteiger charge is 2.29. The van der Waals surface area contributed by atoms with Crippen LogP contribution in [0, 0.1) is 0 Å². The van der Waals surface area contributed by atoms with E-state index in [2.05, 4.69) is 107 Å². The van der Waals surface area contributed by atoms with E-state index in [1.54, 1.807) is 18.3 Å². The lowest BCUT2D eigenvalue weighted by Gasteiger charge is -2.30. The van der Waals surface area contributed by atoms with Crippen molar-refractivity contribution in [3.63, 3.8) is 0 Å². The zero-order valence-corrected chi connectivity index (χ0v) is 27.8. The van der Waals surface area contributed by atoms with Gasteiger partial charge in [0.05, 0.1) is 19.3 Å². The van der Waals surface area contributed by atoms with Gasteiger partial charge in [0.15, 0.2) is 0 Å². The fourth-order valence-electron chi connectivity index (χ4n) is 5.16. The lowest BCUT2D eigenvalue weighted by Crippen LogP contribution is -2.22. The largest absolute Gasteiger partial charge is 0.507 e. The van der Waals surface area contributed by atoms with Crippen LogP contribution in [0.5, 0.6) is 17.2 Å². The van der Waals surface area contributed by atoms with Crippen LogP contribution in [0.25, 0.3) is 0 Å². The second-order valence-electron chi connectivity index (χ2n) is 15.7. The molecule has 0 amide bonds. The van der Waals surface area contributed by atoms with Crippen LogP contribution >= 0.6 is 0 Å². The molecule has 0 fully saturated rings. The molecule has 0 heterocycles. The summed E-state index contributed by atoms with van der Waals surface area (Å²) in [5, 5.41) is 39.8. The van der Waals surface area contributed by atoms with Gasteiger partial charge < -0.3 is 15.3 Å². The highest BCUT2D eigenvalue weighted by atomic mass is 16.3. The predicted molar refractivity (Wildman–Crippen MR) is 176 cm³/mol. The van der Waals surface area contributed by atoms with Gasteiger partial charge in [0, 0.05) is 5.56 Å². The third-order valence-corrected chi connectivity index (χ3v) is 7.60. The molecule has 5 heteroatoms. The molecule has 3 aromatic carbocycles. The molecule has 42 heavy (non-hydrogen) atoms. The van der Waals surface area contributed by atoms with E-state index in [0.717, 1.165) is 33.4 Å². The Kier molecular flexibility index (Phi) is 9.17. The van der Waals surface area contributed by atoms with E-state index in [4.69, 9.17) is 5.10 Å². The number of hydrazone groups is 1. The van der Waals surface area contributed by atoms with E-state index >= 15 is 0 Å². The molecular weight excluding hydrogens is 520 g/mol. The summed E-state index contributed by atoms with van der Waals surface area (Å²) < 4.78 is 0. The zero-order chi connectivity index (χ0) is 31.8. The molecule has 0 saturated heterocycles. The minimum absolute atomic E-state index is 0.172. The Bertz CT molecular complexity index is 1290. The summed E-state index contributed by atoms with van der Waals surface area (Å²) in [6.07, 6.45) is 1.70. The van der Waals surface area contributed by atoms with Crippen LogP contribution in [-0.2, 0) is 34.7 Å². The Morgan fingerprint density at radius 3 is 1.21 bits per heavy atom. The van der Waals surface area contributed by atoms with E-state index in [9.17, 15) is 15.3 Å². The molecule has 0 saturated carbocycles. The molecule has 0 radical (unpaired) electrons. The predicted octanol–water partition coefficient (Wildman–Crippen LogP) is 9.03. The first-order valence-corrected chi connectivity index (χ1v) is 14.9. The van der Waals surface area contributed by atoms with Crippen molar-refractivity contribution in [1.29, 1.82) is 0 Å². The van der Waals surface area contributed by atoms with Gasteiger partial charge in [-0.1, -0.05) is 95.2 Å². The van der Waals surface area contributed by atoms with Crippen molar-refractivity contribution < 1.29 is 15.3 Å². The minimum atomic E-state index is -0.246. The Morgan fingerprint density at radius 1 is 0.571 bits per heavy atom. The Morgan fingerprint density at radius 2 is 0.905 bits per heavy atom. The van der Waals surface area contributed by atoms with Gasteiger partial charge in [0.1, 0.15) is 17.2 Å². The summed E-state index contributed by atoms with van der Waals surface area (Å²) in [4.78, 5) is 0. The molecule has 0 atom stereocenters. The Balaban J connectivity index is 2.19. The van der Waals surface area contributed by atoms with E-state index < -0.39 is 0 Å². The second kappa shape index (κ2) is 11.7. The van der Waals surface area contributed by atoms with Crippen LogP contribution in [0.4, 0.5) is 0 Å². The van der Waals surface area contributed by atoms with Gasteiger partial charge in [0.2, 0.25) is 0 Å². The molecule has 0 aliphatic carbocycles. The molecule has 3 rings (SSSR count). The molecule has 0 spiro atoms. The topological polar surface area (TPSA) is 76.3 Å². The summed E-state index contributed by atoms with van der Waals surface area (Å²) in [5.41, 5.74) is 5.37. The molecular formula is C37H52N2O3. The van der Waals surface area contributed by atoms with E-state index in [1.165, 1.54) is 0 Å². The van der Waals surface area contributed by atoms with E-state index in [1.807, 2.05) is 17.1 Å². The number of para-hydroxylation sites is 1. The van der Waals surface area contributed by atoms with Crippen molar-refractivity contribution in [2.75, 3.05) is 0 Å². The summed E-state index contributed by atoms with van der Waals surface area (Å²) in [5.74, 6) is 0.878. The molecule has 0 aromatic heterocycles. The maximum atomic E-state index is 11.3. The van der Waals surface area contributed by atoms with Gasteiger partial charge in [-0.25, -0.2) is 0 Å². The van der Waals surface area contributed by atoms with Gasteiger partial charge in [-0.2, -0.15) is 5.10 Å². The highest BCUT2D eigenvalue weighted by Crippen LogP contribution is 2.42. The molecule has 0 unspecified atom stereocenters. The number of hydrogen-bond acceptors (Lipinski definition) is 5. The Labute approximate surface area is 253 Å². The SMILES string of the molecule is CC(C)(C)c1cc(CN(Cc2cc(C(C)(C)C)c(O)c(C(C)(C)C)c2)/N=C/c2ccccc2O)cc(C(C)(C)C)c1O. The molecule has 5 nitrogen and oxygen atoms in total. The fraction of sp³-hybridized carbons (Fsp3) is 0.486. The summed E-state index contributed by atoms with van der Waals surface area (Å²) in [7, 11) is 0. The number of aromatic hydroxyl groups is 3. The number of phenolic OH excluding ortho intramolecular Hbond substituents is 3. The van der Waals surface area contributed by atoms with Crippen molar-refractivity contribution in [1.82, 2.24) is 5.01 Å². The quantitative estimate of drug-likeness (QED) is 0.203. The summed E-state index contributed by atoms with van der Waals surface area (Å²) >= 11 is 0. The van der Waals surface area contributed by atoms with E-state index in [0.29, 0.717) is 30.2 Å². The average Bonchev–Trinajstić information content (AvgIpc) is 2.82. The normalized spacial score (nSPS) is 13.1. The molecule has 3 N–H and O–H groups in total. The minimum Gasteiger partial charge on any atom is -0.507 e. The highest BCUT2D eigenvalue weighted by molar-refractivity contribution is 5.83. The molecule has 0 aliphatic rings. The van der Waals surface area contributed by atoms with Crippen molar-refractivity contribution in [2.24, 2.45) is 5.10 Å².